The molecule has 3 heterocycles. The first-order chi connectivity index (χ1) is 14.9. The molecular weight excluding hydrogens is 396 g/mol. The van der Waals surface area contributed by atoms with E-state index in [4.69, 9.17) is 9.47 Å². The van der Waals surface area contributed by atoms with Crippen LogP contribution in [0.3, 0.4) is 0 Å². The lowest BCUT2D eigenvalue weighted by atomic mass is 9.77. The Balaban J connectivity index is 1.30. The summed E-state index contributed by atoms with van der Waals surface area (Å²) in [4.78, 5) is 40.2. The Morgan fingerprint density at radius 2 is 1.90 bits per heavy atom. The Morgan fingerprint density at radius 1 is 1.19 bits per heavy atom. The van der Waals surface area contributed by atoms with Crippen molar-refractivity contribution in [3.05, 3.63) is 41.5 Å². The highest BCUT2D eigenvalue weighted by Gasteiger charge is 2.67. The molecule has 1 aromatic rings. The number of anilines is 1. The van der Waals surface area contributed by atoms with Crippen molar-refractivity contribution in [1.82, 2.24) is 5.32 Å². The van der Waals surface area contributed by atoms with E-state index in [1.807, 2.05) is 38.1 Å². The lowest BCUT2D eigenvalue weighted by Gasteiger charge is -2.23. The molecule has 2 amide bonds. The van der Waals surface area contributed by atoms with Crippen LogP contribution in [0, 0.1) is 25.7 Å². The third-order valence-electron chi connectivity index (χ3n) is 6.96. The third kappa shape index (κ3) is 3.45. The van der Waals surface area contributed by atoms with Crippen LogP contribution < -0.4 is 10.2 Å². The summed E-state index contributed by atoms with van der Waals surface area (Å²) in [5.74, 6) is -2.32. The molecule has 0 radical (unpaired) electrons. The third-order valence-corrected chi connectivity index (χ3v) is 6.96. The maximum absolute atomic E-state index is 13.4. The molecule has 7 heteroatoms. The zero-order valence-corrected chi connectivity index (χ0v) is 17.9. The summed E-state index contributed by atoms with van der Waals surface area (Å²) < 4.78 is 11.5. The Morgan fingerprint density at radius 3 is 2.61 bits per heavy atom. The summed E-state index contributed by atoms with van der Waals surface area (Å²) in [6, 6.07) is 6.17. The molecule has 7 nitrogen and oxygen atoms in total. The van der Waals surface area contributed by atoms with Crippen molar-refractivity contribution < 1.29 is 23.9 Å². The van der Waals surface area contributed by atoms with Crippen LogP contribution in [0.2, 0.25) is 0 Å². The van der Waals surface area contributed by atoms with Gasteiger partial charge in [0.25, 0.3) is 5.91 Å². The van der Waals surface area contributed by atoms with Gasteiger partial charge in [0, 0.05) is 11.7 Å². The largest absolute Gasteiger partial charge is 0.455 e. The predicted molar refractivity (Wildman–Crippen MR) is 113 cm³/mol. The van der Waals surface area contributed by atoms with Crippen molar-refractivity contribution in [3.63, 3.8) is 0 Å². The van der Waals surface area contributed by atoms with E-state index in [0.717, 1.165) is 42.5 Å². The van der Waals surface area contributed by atoms with Gasteiger partial charge in [-0.3, -0.25) is 14.4 Å². The summed E-state index contributed by atoms with van der Waals surface area (Å²) in [5, 5.41) is 2.92. The number of hydrogen-bond donors (Lipinski definition) is 1. The lowest BCUT2D eigenvalue weighted by Crippen LogP contribution is -2.41. The minimum atomic E-state index is -0.810. The normalized spacial score (nSPS) is 31.4. The zero-order chi connectivity index (χ0) is 21.8. The Kier molecular flexibility index (Phi) is 4.88. The Hall–Kier alpha value is -2.67. The fraction of sp³-hybridized carbons (Fsp3) is 0.542. The maximum atomic E-state index is 13.4. The number of rotatable bonds is 5. The number of hydrogen-bond acceptors (Lipinski definition) is 5. The smallest absolute Gasteiger partial charge is 0.313 e. The minimum Gasteiger partial charge on any atom is -0.455 e. The van der Waals surface area contributed by atoms with E-state index in [9.17, 15) is 14.4 Å². The quantitative estimate of drug-likeness (QED) is 0.579. The van der Waals surface area contributed by atoms with E-state index in [1.54, 1.807) is 4.90 Å². The molecule has 1 spiro atoms. The molecule has 2 bridgehead atoms. The molecule has 3 fully saturated rings. The zero-order valence-electron chi connectivity index (χ0n) is 17.9. The molecule has 2 saturated heterocycles. The van der Waals surface area contributed by atoms with E-state index in [2.05, 4.69) is 11.4 Å². The van der Waals surface area contributed by atoms with Crippen molar-refractivity contribution >= 4 is 23.5 Å². The van der Waals surface area contributed by atoms with E-state index >= 15 is 0 Å². The minimum absolute atomic E-state index is 0.130. The molecular formula is C24H28N2O5. The van der Waals surface area contributed by atoms with Crippen molar-refractivity contribution in [3.8, 4) is 0 Å². The Bertz CT molecular complexity index is 946. The van der Waals surface area contributed by atoms with Gasteiger partial charge >= 0.3 is 5.97 Å². The monoisotopic (exact) mass is 424 g/mol. The lowest BCUT2D eigenvalue weighted by molar-refractivity contribution is -0.155. The van der Waals surface area contributed by atoms with E-state index in [0.29, 0.717) is 6.54 Å². The number of amides is 2. The molecule has 5 rings (SSSR count). The number of ether oxygens (including phenoxy) is 2. The van der Waals surface area contributed by atoms with Crippen molar-refractivity contribution in [2.45, 2.75) is 57.3 Å². The number of fused-ring (bicyclic) bond motifs is 1. The molecule has 3 aliphatic heterocycles. The van der Waals surface area contributed by atoms with Crippen LogP contribution in [0.5, 0.6) is 0 Å². The molecule has 164 valence electrons. The maximum Gasteiger partial charge on any atom is 0.313 e. The standard InChI is InChI=1S/C24H28N2O5/c1-14-9-15(2)11-17(10-14)26-13-24-8-7-18(31-24)20(21(24)22(26)28)23(29)30-12-19(27)25-16-5-3-4-6-16/h7-11,16,18,20-21H,3-6,12-13H2,1-2H3,(H,25,27)/t18-,20-,21+,24-/m0/s1. The van der Waals surface area contributed by atoms with Gasteiger partial charge in [-0.05, 0) is 49.9 Å². The van der Waals surface area contributed by atoms with Crippen LogP contribution in [0.1, 0.15) is 36.8 Å². The first-order valence-corrected chi connectivity index (χ1v) is 11.1. The average Bonchev–Trinajstić information content (AvgIpc) is 3.48. The fourth-order valence-electron chi connectivity index (χ4n) is 5.66. The van der Waals surface area contributed by atoms with Crippen molar-refractivity contribution in [1.29, 1.82) is 0 Å². The van der Waals surface area contributed by atoms with Crippen LogP contribution in [0.25, 0.3) is 0 Å². The van der Waals surface area contributed by atoms with Crippen LogP contribution in [0.15, 0.2) is 30.4 Å². The van der Waals surface area contributed by atoms with Gasteiger partial charge in [0.15, 0.2) is 6.61 Å². The van der Waals surface area contributed by atoms with Gasteiger partial charge in [-0.15, -0.1) is 0 Å². The molecule has 31 heavy (non-hydrogen) atoms. The van der Waals surface area contributed by atoms with E-state index in [1.165, 1.54) is 0 Å². The second-order valence-electron chi connectivity index (χ2n) is 9.33. The van der Waals surface area contributed by atoms with Crippen molar-refractivity contribution in [2.24, 2.45) is 11.8 Å². The first-order valence-electron chi connectivity index (χ1n) is 11.1. The molecule has 1 aromatic carbocycles. The molecule has 0 aromatic heterocycles. The van der Waals surface area contributed by atoms with Gasteiger partial charge < -0.3 is 19.7 Å². The number of benzene rings is 1. The predicted octanol–water partition coefficient (Wildman–Crippen LogP) is 2.19. The number of carbonyl (C=O) groups excluding carboxylic acids is 3. The summed E-state index contributed by atoms with van der Waals surface area (Å²) in [6.45, 7) is 4.04. The van der Waals surface area contributed by atoms with Gasteiger partial charge in [-0.1, -0.05) is 31.1 Å². The summed E-state index contributed by atoms with van der Waals surface area (Å²) in [5.41, 5.74) is 2.15. The second kappa shape index (κ2) is 7.48. The van der Waals surface area contributed by atoms with Crippen LogP contribution in [-0.4, -0.2) is 48.7 Å². The van der Waals surface area contributed by atoms with Gasteiger partial charge in [-0.25, -0.2) is 0 Å². The topological polar surface area (TPSA) is 84.9 Å². The highest BCUT2D eigenvalue weighted by molar-refractivity contribution is 6.02. The van der Waals surface area contributed by atoms with E-state index < -0.39 is 29.5 Å². The van der Waals surface area contributed by atoms with Crippen LogP contribution in [-0.2, 0) is 23.9 Å². The summed E-state index contributed by atoms with van der Waals surface area (Å²) in [6.07, 6.45) is 7.44. The molecule has 4 atom stereocenters. The van der Waals surface area contributed by atoms with Gasteiger partial charge in [-0.2, -0.15) is 0 Å². The SMILES string of the molecule is Cc1cc(C)cc(N2C[C@]34C=C[C@H](O3)[C@H](C(=O)OCC(=O)NC3CCCC3)[C@@H]4C2=O)c1. The number of nitrogens with one attached hydrogen (secondary N) is 1. The van der Waals surface area contributed by atoms with Crippen LogP contribution >= 0.6 is 0 Å². The number of esters is 1. The number of aryl methyl sites for hydroxylation is 2. The molecule has 4 aliphatic rings. The van der Waals surface area contributed by atoms with Gasteiger partial charge in [0.2, 0.25) is 5.91 Å². The molecule has 1 aliphatic carbocycles. The highest BCUT2D eigenvalue weighted by atomic mass is 16.6. The fourth-order valence-corrected chi connectivity index (χ4v) is 5.66. The van der Waals surface area contributed by atoms with E-state index in [-0.39, 0.29) is 24.5 Å². The molecule has 0 unspecified atom stereocenters. The summed E-state index contributed by atoms with van der Waals surface area (Å²) >= 11 is 0. The number of carbonyl (C=O) groups is 3. The highest BCUT2D eigenvalue weighted by Crippen LogP contribution is 2.53. The first kappa shape index (κ1) is 20.2. The number of nitrogens with zero attached hydrogens (tertiary/aromatic N) is 1. The molecule has 1 saturated carbocycles. The molecule has 1 N–H and O–H groups in total. The average molecular weight is 424 g/mol. The van der Waals surface area contributed by atoms with Crippen LogP contribution in [0.4, 0.5) is 5.69 Å². The summed E-state index contributed by atoms with van der Waals surface area (Å²) in [7, 11) is 0. The van der Waals surface area contributed by atoms with Gasteiger partial charge in [0.1, 0.15) is 11.5 Å². The van der Waals surface area contributed by atoms with Crippen molar-refractivity contribution in [2.75, 3.05) is 18.1 Å². The second-order valence-corrected chi connectivity index (χ2v) is 9.33. The Labute approximate surface area is 181 Å². The van der Waals surface area contributed by atoms with Gasteiger partial charge in [0.05, 0.1) is 18.6 Å².